The van der Waals surface area contributed by atoms with Gasteiger partial charge in [0.25, 0.3) is 0 Å². The van der Waals surface area contributed by atoms with E-state index in [9.17, 15) is 4.39 Å². The molecule has 2 heterocycles. The number of halogens is 2. The Balaban J connectivity index is 0.00000210. The van der Waals surface area contributed by atoms with Crippen molar-refractivity contribution in [3.63, 3.8) is 0 Å². The summed E-state index contributed by atoms with van der Waals surface area (Å²) in [6.07, 6.45) is 3.45. The minimum Gasteiger partial charge on any atom is -0.375 e. The van der Waals surface area contributed by atoms with Crippen LogP contribution in [0.5, 0.6) is 0 Å². The quantitative estimate of drug-likeness (QED) is 0.401. The highest BCUT2D eigenvalue weighted by Crippen LogP contribution is 2.42. The first kappa shape index (κ1) is 20.8. The SMILES string of the molecule is CCN=C(NC1CC1c1ccccc1F)N1CCOC(C2CCCO2)C1.I. The van der Waals surface area contributed by atoms with Crippen LogP contribution in [0.2, 0.25) is 0 Å². The maximum absolute atomic E-state index is 14.0. The van der Waals surface area contributed by atoms with E-state index < -0.39 is 0 Å². The topological polar surface area (TPSA) is 46.1 Å². The summed E-state index contributed by atoms with van der Waals surface area (Å²) in [4.78, 5) is 6.95. The maximum atomic E-state index is 14.0. The summed E-state index contributed by atoms with van der Waals surface area (Å²) in [5.41, 5.74) is 0.806. The fourth-order valence-electron chi connectivity index (χ4n) is 4.02. The van der Waals surface area contributed by atoms with Crippen LogP contribution in [0, 0.1) is 5.82 Å². The number of hydrogen-bond acceptors (Lipinski definition) is 3. The molecular weight excluding hydrogens is 460 g/mol. The van der Waals surface area contributed by atoms with Crippen molar-refractivity contribution in [2.24, 2.45) is 4.99 Å². The van der Waals surface area contributed by atoms with Gasteiger partial charge in [-0.2, -0.15) is 0 Å². The van der Waals surface area contributed by atoms with Crippen molar-refractivity contribution in [2.45, 2.75) is 50.4 Å². The third kappa shape index (κ3) is 4.92. The van der Waals surface area contributed by atoms with E-state index in [0.29, 0.717) is 6.61 Å². The van der Waals surface area contributed by atoms with Crippen molar-refractivity contribution in [2.75, 3.05) is 32.8 Å². The fourth-order valence-corrected chi connectivity index (χ4v) is 4.02. The second kappa shape index (κ2) is 9.52. The number of nitrogens with zero attached hydrogens (tertiary/aromatic N) is 2. The number of guanidine groups is 1. The minimum atomic E-state index is -0.111. The number of aliphatic imine (C=N–C) groups is 1. The van der Waals surface area contributed by atoms with Crippen molar-refractivity contribution in [3.8, 4) is 0 Å². The molecule has 5 nitrogen and oxygen atoms in total. The van der Waals surface area contributed by atoms with Gasteiger partial charge in [-0.25, -0.2) is 4.39 Å². The van der Waals surface area contributed by atoms with Crippen molar-refractivity contribution < 1.29 is 13.9 Å². The van der Waals surface area contributed by atoms with Gasteiger partial charge in [0, 0.05) is 38.2 Å². The molecule has 2 aliphatic heterocycles. The Hall–Kier alpha value is -0.930. The molecule has 1 N–H and O–H groups in total. The largest absolute Gasteiger partial charge is 0.375 e. The molecule has 0 amide bonds. The normalized spacial score (nSPS) is 30.7. The van der Waals surface area contributed by atoms with Gasteiger partial charge in [-0.3, -0.25) is 4.99 Å². The Morgan fingerprint density at radius 3 is 2.81 bits per heavy atom. The lowest BCUT2D eigenvalue weighted by atomic mass is 10.1. The van der Waals surface area contributed by atoms with Gasteiger partial charge < -0.3 is 19.7 Å². The number of ether oxygens (including phenoxy) is 2. The van der Waals surface area contributed by atoms with Gasteiger partial charge >= 0.3 is 0 Å². The Morgan fingerprint density at radius 1 is 1.26 bits per heavy atom. The van der Waals surface area contributed by atoms with E-state index in [-0.39, 0.29) is 54.0 Å². The van der Waals surface area contributed by atoms with E-state index in [1.807, 2.05) is 19.1 Å². The predicted octanol–water partition coefficient (Wildman–Crippen LogP) is 3.14. The first-order valence-corrected chi connectivity index (χ1v) is 9.80. The van der Waals surface area contributed by atoms with Crippen LogP contribution in [0.3, 0.4) is 0 Å². The number of rotatable bonds is 4. The Labute approximate surface area is 177 Å². The second-order valence-corrected chi connectivity index (χ2v) is 7.32. The van der Waals surface area contributed by atoms with Crippen LogP contribution in [0.15, 0.2) is 29.3 Å². The number of benzene rings is 1. The zero-order chi connectivity index (χ0) is 17.9. The fraction of sp³-hybridized carbons (Fsp3) is 0.650. The smallest absolute Gasteiger partial charge is 0.194 e. The van der Waals surface area contributed by atoms with Crippen LogP contribution in [-0.4, -0.2) is 62.0 Å². The zero-order valence-electron chi connectivity index (χ0n) is 15.8. The van der Waals surface area contributed by atoms with E-state index >= 15 is 0 Å². The van der Waals surface area contributed by atoms with Gasteiger partial charge in [0.1, 0.15) is 11.9 Å². The van der Waals surface area contributed by atoms with Crippen LogP contribution in [-0.2, 0) is 9.47 Å². The van der Waals surface area contributed by atoms with Crippen LogP contribution < -0.4 is 5.32 Å². The van der Waals surface area contributed by atoms with E-state index in [1.54, 1.807) is 12.1 Å². The van der Waals surface area contributed by atoms with Crippen LogP contribution in [0.25, 0.3) is 0 Å². The predicted molar refractivity (Wildman–Crippen MR) is 114 cm³/mol. The molecule has 0 aromatic heterocycles. The summed E-state index contributed by atoms with van der Waals surface area (Å²) in [7, 11) is 0. The molecule has 0 bridgehead atoms. The number of hydrogen-bond donors (Lipinski definition) is 1. The molecule has 2 saturated heterocycles. The van der Waals surface area contributed by atoms with Crippen molar-refractivity contribution in [3.05, 3.63) is 35.6 Å². The standard InChI is InChI=1S/C20H28FN3O2.HI/c1-2-22-20(23-17-12-15(17)14-6-3-4-7-16(14)21)24-9-11-26-19(13-24)18-8-5-10-25-18;/h3-4,6-7,15,17-19H,2,5,8-13H2,1H3,(H,22,23);1H. The van der Waals surface area contributed by atoms with Gasteiger partial charge in [-0.05, 0) is 37.8 Å². The van der Waals surface area contributed by atoms with E-state index in [4.69, 9.17) is 9.47 Å². The Kier molecular flexibility index (Phi) is 7.33. The average molecular weight is 489 g/mol. The third-order valence-corrected chi connectivity index (χ3v) is 5.49. The van der Waals surface area contributed by atoms with Gasteiger partial charge in [0.15, 0.2) is 5.96 Å². The molecule has 1 aliphatic carbocycles. The third-order valence-electron chi connectivity index (χ3n) is 5.49. The molecule has 4 atom stereocenters. The maximum Gasteiger partial charge on any atom is 0.194 e. The first-order valence-electron chi connectivity index (χ1n) is 9.80. The van der Waals surface area contributed by atoms with Gasteiger partial charge in [-0.1, -0.05) is 18.2 Å². The van der Waals surface area contributed by atoms with Gasteiger partial charge in [0.2, 0.25) is 0 Å². The molecule has 3 aliphatic rings. The summed E-state index contributed by atoms with van der Waals surface area (Å²) >= 11 is 0. The molecule has 7 heteroatoms. The van der Waals surface area contributed by atoms with E-state index in [0.717, 1.165) is 57.0 Å². The lowest BCUT2D eigenvalue weighted by molar-refractivity contribution is -0.0817. The molecule has 3 fully saturated rings. The summed E-state index contributed by atoms with van der Waals surface area (Å²) in [5.74, 6) is 1.04. The average Bonchev–Trinajstić information content (AvgIpc) is 3.19. The molecular formula is C20H29FIN3O2. The Morgan fingerprint density at radius 2 is 2.07 bits per heavy atom. The molecule has 1 aromatic carbocycles. The van der Waals surface area contributed by atoms with E-state index in [2.05, 4.69) is 15.2 Å². The lowest BCUT2D eigenvalue weighted by Crippen LogP contribution is -2.53. The summed E-state index contributed by atoms with van der Waals surface area (Å²) in [6.45, 7) is 5.92. The summed E-state index contributed by atoms with van der Waals surface area (Å²) in [6, 6.07) is 7.33. The molecule has 0 radical (unpaired) electrons. The van der Waals surface area contributed by atoms with Gasteiger partial charge in [0.05, 0.1) is 12.7 Å². The van der Waals surface area contributed by atoms with E-state index in [1.165, 1.54) is 0 Å². The van der Waals surface area contributed by atoms with Gasteiger partial charge in [-0.15, -0.1) is 24.0 Å². The monoisotopic (exact) mass is 489 g/mol. The second-order valence-electron chi connectivity index (χ2n) is 7.32. The molecule has 150 valence electrons. The molecule has 0 spiro atoms. The number of nitrogens with one attached hydrogen (secondary N) is 1. The first-order chi connectivity index (χ1) is 12.8. The zero-order valence-corrected chi connectivity index (χ0v) is 18.1. The highest BCUT2D eigenvalue weighted by molar-refractivity contribution is 14.0. The minimum absolute atomic E-state index is 0. The highest BCUT2D eigenvalue weighted by atomic mass is 127. The van der Waals surface area contributed by atoms with Crippen LogP contribution >= 0.6 is 24.0 Å². The van der Waals surface area contributed by atoms with Crippen LogP contribution in [0.1, 0.15) is 37.7 Å². The number of morpholine rings is 1. The van der Waals surface area contributed by atoms with Crippen molar-refractivity contribution in [1.29, 1.82) is 0 Å². The van der Waals surface area contributed by atoms with Crippen LogP contribution in [0.4, 0.5) is 4.39 Å². The molecule has 27 heavy (non-hydrogen) atoms. The molecule has 1 aromatic rings. The Bertz CT molecular complexity index is 654. The lowest BCUT2D eigenvalue weighted by Gasteiger charge is -2.37. The summed E-state index contributed by atoms with van der Waals surface area (Å²) in [5, 5.41) is 3.56. The summed E-state index contributed by atoms with van der Waals surface area (Å²) < 4.78 is 25.8. The molecule has 4 unspecified atom stereocenters. The molecule has 4 rings (SSSR count). The van der Waals surface area contributed by atoms with Crippen molar-refractivity contribution in [1.82, 2.24) is 10.2 Å². The molecule has 1 saturated carbocycles. The highest BCUT2D eigenvalue weighted by Gasteiger charge is 2.41. The van der Waals surface area contributed by atoms with Crippen molar-refractivity contribution >= 4 is 29.9 Å².